The van der Waals surface area contributed by atoms with Gasteiger partial charge in [0.2, 0.25) is 0 Å². The molecule has 142 valence electrons. The Morgan fingerprint density at radius 1 is 1.11 bits per heavy atom. The molecule has 0 atom stereocenters. The molecule has 1 N–H and O–H groups in total. The van der Waals surface area contributed by atoms with Crippen molar-refractivity contribution in [3.63, 3.8) is 0 Å². The minimum absolute atomic E-state index is 0.0391. The Kier molecular flexibility index (Phi) is 5.81. The van der Waals surface area contributed by atoms with Crippen molar-refractivity contribution in [3.8, 4) is 11.3 Å². The molecular weight excluding hydrogens is 384 g/mol. The number of para-hydroxylation sites is 1. The molecule has 28 heavy (non-hydrogen) atoms. The quantitative estimate of drug-likeness (QED) is 0.507. The van der Waals surface area contributed by atoms with Gasteiger partial charge in [0.1, 0.15) is 5.56 Å². The lowest BCUT2D eigenvalue weighted by Crippen LogP contribution is -2.32. The van der Waals surface area contributed by atoms with E-state index in [9.17, 15) is 19.7 Å². The summed E-state index contributed by atoms with van der Waals surface area (Å²) in [5, 5.41) is 18.5. The van der Waals surface area contributed by atoms with Crippen LogP contribution in [-0.4, -0.2) is 27.2 Å². The summed E-state index contributed by atoms with van der Waals surface area (Å²) in [6.07, 6.45) is 0. The first-order chi connectivity index (χ1) is 13.5. The molecule has 0 unspecified atom stereocenters. The van der Waals surface area contributed by atoms with Gasteiger partial charge in [-0.3, -0.25) is 19.7 Å². The Morgan fingerprint density at radius 2 is 1.82 bits per heavy atom. The van der Waals surface area contributed by atoms with Crippen molar-refractivity contribution in [1.82, 2.24) is 15.1 Å². The highest BCUT2D eigenvalue weighted by Crippen LogP contribution is 2.19. The maximum absolute atomic E-state index is 12.2. The lowest BCUT2D eigenvalue weighted by Gasteiger charge is -2.09. The van der Waals surface area contributed by atoms with Gasteiger partial charge < -0.3 is 5.32 Å². The molecule has 2 aromatic carbocycles. The van der Waals surface area contributed by atoms with E-state index >= 15 is 0 Å². The zero-order valence-electron chi connectivity index (χ0n) is 14.5. The molecule has 0 aliphatic rings. The van der Waals surface area contributed by atoms with Gasteiger partial charge >= 0.3 is 0 Å². The standard InChI is InChI=1S/C19H15ClN4O4/c20-14-7-5-13(6-8-14)16-9-10-18(25)23(22-16)12-11-21-19(26)15-3-1-2-4-17(15)24(27)28/h1-10H,11-12H2,(H,21,26). The number of nitro benzene ring substituents is 1. The summed E-state index contributed by atoms with van der Waals surface area (Å²) in [4.78, 5) is 34.7. The van der Waals surface area contributed by atoms with Crippen molar-refractivity contribution < 1.29 is 9.72 Å². The van der Waals surface area contributed by atoms with Crippen LogP contribution < -0.4 is 10.9 Å². The molecule has 3 aromatic rings. The summed E-state index contributed by atoms with van der Waals surface area (Å²) >= 11 is 5.88. The van der Waals surface area contributed by atoms with Crippen molar-refractivity contribution in [2.75, 3.05) is 6.54 Å². The number of aromatic nitrogens is 2. The van der Waals surface area contributed by atoms with Crippen LogP contribution >= 0.6 is 11.6 Å². The van der Waals surface area contributed by atoms with Crippen LogP contribution in [0.25, 0.3) is 11.3 Å². The lowest BCUT2D eigenvalue weighted by molar-refractivity contribution is -0.385. The van der Waals surface area contributed by atoms with E-state index in [0.717, 1.165) is 5.56 Å². The van der Waals surface area contributed by atoms with Crippen molar-refractivity contribution in [1.29, 1.82) is 0 Å². The monoisotopic (exact) mass is 398 g/mol. The molecule has 0 saturated carbocycles. The third-order valence-corrected chi connectivity index (χ3v) is 4.21. The molecule has 0 radical (unpaired) electrons. The normalized spacial score (nSPS) is 10.5. The average molecular weight is 399 g/mol. The van der Waals surface area contributed by atoms with Crippen LogP contribution in [0.4, 0.5) is 5.69 Å². The average Bonchev–Trinajstić information content (AvgIpc) is 2.70. The summed E-state index contributed by atoms with van der Waals surface area (Å²) in [6, 6.07) is 15.7. The SMILES string of the molecule is O=C(NCCn1nc(-c2ccc(Cl)cc2)ccc1=O)c1ccccc1[N+](=O)[O-]. The molecule has 0 bridgehead atoms. The Balaban J connectivity index is 1.70. The number of rotatable bonds is 6. The number of hydrogen-bond acceptors (Lipinski definition) is 5. The molecule has 0 fully saturated rings. The number of nitrogens with zero attached hydrogens (tertiary/aromatic N) is 3. The number of hydrogen-bond donors (Lipinski definition) is 1. The number of benzene rings is 2. The summed E-state index contributed by atoms with van der Waals surface area (Å²) in [5.41, 5.74) is 0.740. The largest absolute Gasteiger partial charge is 0.350 e. The van der Waals surface area contributed by atoms with Gasteiger partial charge in [-0.1, -0.05) is 35.9 Å². The fourth-order valence-electron chi connectivity index (χ4n) is 2.58. The Morgan fingerprint density at radius 3 is 2.54 bits per heavy atom. The molecule has 3 rings (SSSR count). The molecule has 0 spiro atoms. The van der Waals surface area contributed by atoms with Gasteiger partial charge in [0.05, 0.1) is 17.2 Å². The Hall–Kier alpha value is -3.52. The summed E-state index contributed by atoms with van der Waals surface area (Å²) < 4.78 is 1.23. The highest BCUT2D eigenvalue weighted by Gasteiger charge is 2.18. The number of carbonyl (C=O) groups is 1. The third-order valence-electron chi connectivity index (χ3n) is 3.96. The van der Waals surface area contributed by atoms with Gasteiger partial charge in [0.25, 0.3) is 17.2 Å². The lowest BCUT2D eigenvalue weighted by atomic mass is 10.1. The fourth-order valence-corrected chi connectivity index (χ4v) is 2.71. The fraction of sp³-hybridized carbons (Fsp3) is 0.105. The van der Waals surface area contributed by atoms with E-state index in [1.165, 1.54) is 28.9 Å². The van der Waals surface area contributed by atoms with Crippen LogP contribution in [0.5, 0.6) is 0 Å². The summed E-state index contributed by atoms with van der Waals surface area (Å²) in [6.45, 7) is 0.203. The molecule has 0 saturated heterocycles. The van der Waals surface area contributed by atoms with Crippen molar-refractivity contribution in [2.45, 2.75) is 6.54 Å². The Bertz CT molecular complexity index is 1080. The number of nitro groups is 1. The predicted molar refractivity (Wildman–Crippen MR) is 104 cm³/mol. The first kappa shape index (κ1) is 19.2. The topological polar surface area (TPSA) is 107 Å². The van der Waals surface area contributed by atoms with Crippen molar-refractivity contribution >= 4 is 23.2 Å². The van der Waals surface area contributed by atoms with E-state index in [0.29, 0.717) is 10.7 Å². The molecule has 9 heteroatoms. The van der Waals surface area contributed by atoms with E-state index in [1.54, 1.807) is 36.4 Å². The number of carbonyl (C=O) groups excluding carboxylic acids is 1. The minimum atomic E-state index is -0.615. The van der Waals surface area contributed by atoms with E-state index in [-0.39, 0.29) is 29.9 Å². The predicted octanol–water partition coefficient (Wildman–Crippen LogP) is 2.90. The van der Waals surface area contributed by atoms with Crippen molar-refractivity contribution in [3.05, 3.63) is 91.7 Å². The van der Waals surface area contributed by atoms with E-state index in [2.05, 4.69) is 10.4 Å². The molecule has 1 aromatic heterocycles. The maximum Gasteiger partial charge on any atom is 0.282 e. The van der Waals surface area contributed by atoms with Crippen LogP contribution in [0.15, 0.2) is 65.5 Å². The molecule has 1 amide bonds. The molecule has 1 heterocycles. The third kappa shape index (κ3) is 4.41. The first-order valence-electron chi connectivity index (χ1n) is 8.31. The maximum atomic E-state index is 12.2. The van der Waals surface area contributed by atoms with Crippen LogP contribution in [0, 0.1) is 10.1 Å². The smallest absolute Gasteiger partial charge is 0.282 e. The second-order valence-corrected chi connectivity index (χ2v) is 6.25. The van der Waals surface area contributed by atoms with Crippen molar-refractivity contribution in [2.24, 2.45) is 0 Å². The zero-order chi connectivity index (χ0) is 20.1. The summed E-state index contributed by atoms with van der Waals surface area (Å²) in [7, 11) is 0. The van der Waals surface area contributed by atoms with Gasteiger partial charge in [-0.15, -0.1) is 0 Å². The van der Waals surface area contributed by atoms with Crippen LogP contribution in [0.1, 0.15) is 10.4 Å². The second-order valence-electron chi connectivity index (χ2n) is 5.82. The van der Waals surface area contributed by atoms with Crippen LogP contribution in [0.2, 0.25) is 5.02 Å². The van der Waals surface area contributed by atoms with E-state index < -0.39 is 10.8 Å². The van der Waals surface area contributed by atoms with Gasteiger partial charge in [-0.25, -0.2) is 4.68 Å². The highest BCUT2D eigenvalue weighted by atomic mass is 35.5. The molecular formula is C19H15ClN4O4. The van der Waals surface area contributed by atoms with Crippen LogP contribution in [0.3, 0.4) is 0 Å². The molecule has 0 aliphatic heterocycles. The molecule has 0 aliphatic carbocycles. The van der Waals surface area contributed by atoms with Gasteiger partial charge in [-0.05, 0) is 24.3 Å². The highest BCUT2D eigenvalue weighted by molar-refractivity contribution is 6.30. The number of halogens is 1. The van der Waals surface area contributed by atoms with Crippen LogP contribution in [-0.2, 0) is 6.54 Å². The second kappa shape index (κ2) is 8.45. The minimum Gasteiger partial charge on any atom is -0.350 e. The molecule has 8 nitrogen and oxygen atoms in total. The van der Waals surface area contributed by atoms with E-state index in [4.69, 9.17) is 11.6 Å². The number of amides is 1. The number of nitrogens with one attached hydrogen (secondary N) is 1. The van der Waals surface area contributed by atoms with E-state index in [1.807, 2.05) is 0 Å². The van der Waals surface area contributed by atoms with Gasteiger partial charge in [-0.2, -0.15) is 5.10 Å². The van der Waals surface area contributed by atoms with Gasteiger partial charge in [0.15, 0.2) is 0 Å². The summed E-state index contributed by atoms with van der Waals surface area (Å²) in [5.74, 6) is -0.589. The van der Waals surface area contributed by atoms with Gasteiger partial charge in [0, 0.05) is 29.3 Å². The zero-order valence-corrected chi connectivity index (χ0v) is 15.3. The Labute approximate surface area is 164 Å². The first-order valence-corrected chi connectivity index (χ1v) is 8.69.